The molecule has 3 aromatic rings. The molecule has 0 bridgehead atoms. The number of benzene rings is 3. The van der Waals surface area contributed by atoms with E-state index in [0.29, 0.717) is 28.9 Å². The van der Waals surface area contributed by atoms with Crippen molar-refractivity contribution in [2.24, 2.45) is 0 Å². The van der Waals surface area contributed by atoms with Crippen molar-refractivity contribution in [3.05, 3.63) is 101 Å². The number of nitrogens with one attached hydrogen (secondary N) is 2. The Morgan fingerprint density at radius 2 is 1.40 bits per heavy atom. The molecule has 0 saturated carbocycles. The predicted molar refractivity (Wildman–Crippen MR) is 126 cm³/mol. The summed E-state index contributed by atoms with van der Waals surface area (Å²) in [6, 6.07) is 19.8. The number of esters is 1. The number of nitrogens with zero attached hydrogens (tertiary/aromatic N) is 1. The van der Waals surface area contributed by atoms with Crippen LogP contribution in [0.2, 0.25) is 0 Å². The number of imide groups is 2. The lowest BCUT2D eigenvalue weighted by Gasteiger charge is -2.18. The summed E-state index contributed by atoms with van der Waals surface area (Å²) in [5, 5.41) is 4.60. The summed E-state index contributed by atoms with van der Waals surface area (Å²) < 4.78 is 5.44. The molecule has 1 atom stereocenters. The van der Waals surface area contributed by atoms with Crippen molar-refractivity contribution in [2.45, 2.75) is 13.0 Å². The van der Waals surface area contributed by atoms with Crippen LogP contribution in [0, 0.1) is 0 Å². The fourth-order valence-corrected chi connectivity index (χ4v) is 3.63. The zero-order valence-corrected chi connectivity index (χ0v) is 18.7. The van der Waals surface area contributed by atoms with Crippen molar-refractivity contribution in [1.29, 1.82) is 0 Å². The van der Waals surface area contributed by atoms with Gasteiger partial charge in [0.25, 0.3) is 17.7 Å². The van der Waals surface area contributed by atoms with Crippen LogP contribution in [0.25, 0.3) is 0 Å². The van der Waals surface area contributed by atoms with E-state index in [2.05, 4.69) is 10.6 Å². The number of rotatable bonds is 6. The van der Waals surface area contributed by atoms with Crippen LogP contribution in [-0.4, -0.2) is 36.3 Å². The van der Waals surface area contributed by atoms with Gasteiger partial charge in [-0.15, -0.1) is 0 Å². The standard InChI is InChI=1S/C26H21N3O6/c1-2-27-26(34)28-22(30)21(16-8-4-3-5-9-16)35-25(33)17-12-14-18(15-13-17)29-23(31)19-10-6-7-11-20(19)24(29)32/h3-15,21H,2H2,1H3,(H2,27,28,30,34). The molecule has 0 aromatic heterocycles. The summed E-state index contributed by atoms with van der Waals surface area (Å²) in [5.74, 6) is -2.53. The molecule has 4 rings (SSSR count). The van der Waals surface area contributed by atoms with Crippen LogP contribution in [-0.2, 0) is 9.53 Å². The zero-order valence-electron chi connectivity index (χ0n) is 18.7. The molecule has 3 aromatic carbocycles. The molecule has 9 nitrogen and oxygen atoms in total. The van der Waals surface area contributed by atoms with Gasteiger partial charge in [0, 0.05) is 12.1 Å². The van der Waals surface area contributed by atoms with E-state index in [1.807, 2.05) is 0 Å². The molecule has 0 aliphatic carbocycles. The van der Waals surface area contributed by atoms with Crippen LogP contribution in [0.4, 0.5) is 10.5 Å². The fraction of sp³-hybridized carbons (Fsp3) is 0.115. The lowest BCUT2D eigenvalue weighted by Crippen LogP contribution is -2.42. The molecule has 5 amide bonds. The molecule has 176 valence electrons. The van der Waals surface area contributed by atoms with E-state index in [9.17, 15) is 24.0 Å². The number of carbonyl (C=O) groups excluding carboxylic acids is 5. The van der Waals surface area contributed by atoms with E-state index in [0.717, 1.165) is 4.90 Å². The van der Waals surface area contributed by atoms with Gasteiger partial charge >= 0.3 is 12.0 Å². The van der Waals surface area contributed by atoms with E-state index in [4.69, 9.17) is 4.74 Å². The molecular formula is C26H21N3O6. The molecule has 0 fully saturated rings. The van der Waals surface area contributed by atoms with E-state index in [-0.39, 0.29) is 5.56 Å². The molecular weight excluding hydrogens is 450 g/mol. The first-order valence-corrected chi connectivity index (χ1v) is 10.8. The number of hydrogen-bond acceptors (Lipinski definition) is 6. The normalized spacial score (nSPS) is 13.1. The number of anilines is 1. The van der Waals surface area contributed by atoms with Crippen molar-refractivity contribution in [3.8, 4) is 0 Å². The van der Waals surface area contributed by atoms with E-state index in [1.54, 1.807) is 61.5 Å². The SMILES string of the molecule is CCNC(=O)NC(=O)C(OC(=O)c1ccc(N2C(=O)c3ccccc3C2=O)cc1)c1ccccc1. The summed E-state index contributed by atoms with van der Waals surface area (Å²) in [5.41, 5.74) is 1.39. The maximum atomic E-state index is 12.8. The maximum Gasteiger partial charge on any atom is 0.339 e. The van der Waals surface area contributed by atoms with Crippen molar-refractivity contribution in [3.63, 3.8) is 0 Å². The number of fused-ring (bicyclic) bond motifs is 1. The molecule has 0 radical (unpaired) electrons. The Balaban J connectivity index is 1.52. The molecule has 9 heteroatoms. The van der Waals surface area contributed by atoms with Gasteiger partial charge in [-0.1, -0.05) is 42.5 Å². The fourth-order valence-electron chi connectivity index (χ4n) is 3.63. The minimum absolute atomic E-state index is 0.0945. The van der Waals surface area contributed by atoms with Gasteiger partial charge in [-0.25, -0.2) is 14.5 Å². The topological polar surface area (TPSA) is 122 Å². The third-order valence-electron chi connectivity index (χ3n) is 5.29. The first kappa shape index (κ1) is 23.4. The Labute approximate surface area is 200 Å². The Bertz CT molecular complexity index is 1270. The van der Waals surface area contributed by atoms with Crippen molar-refractivity contribution in [1.82, 2.24) is 10.6 Å². The Morgan fingerprint density at radius 3 is 1.97 bits per heavy atom. The minimum Gasteiger partial charge on any atom is -0.444 e. The summed E-state index contributed by atoms with van der Waals surface area (Å²) in [4.78, 5) is 63.7. The highest BCUT2D eigenvalue weighted by molar-refractivity contribution is 6.34. The molecule has 1 aliphatic heterocycles. The summed E-state index contributed by atoms with van der Waals surface area (Å²) in [6.45, 7) is 2.01. The smallest absolute Gasteiger partial charge is 0.339 e. The van der Waals surface area contributed by atoms with E-state index < -0.39 is 35.8 Å². The predicted octanol–water partition coefficient (Wildman–Crippen LogP) is 3.23. The number of ether oxygens (including phenoxy) is 1. The second kappa shape index (κ2) is 10.0. The summed E-state index contributed by atoms with van der Waals surface area (Å²) >= 11 is 0. The number of hydrogen-bond donors (Lipinski definition) is 2. The van der Waals surface area contributed by atoms with Crippen LogP contribution in [0.3, 0.4) is 0 Å². The highest BCUT2D eigenvalue weighted by atomic mass is 16.5. The van der Waals surface area contributed by atoms with Gasteiger partial charge < -0.3 is 10.1 Å². The molecule has 1 unspecified atom stereocenters. The van der Waals surface area contributed by atoms with Crippen LogP contribution in [0.5, 0.6) is 0 Å². The third kappa shape index (κ3) is 4.79. The molecule has 2 N–H and O–H groups in total. The van der Waals surface area contributed by atoms with Gasteiger partial charge in [-0.2, -0.15) is 0 Å². The quantitative estimate of drug-likeness (QED) is 0.421. The van der Waals surface area contributed by atoms with Gasteiger partial charge in [0.1, 0.15) is 0 Å². The highest BCUT2D eigenvalue weighted by Gasteiger charge is 2.36. The number of amides is 5. The maximum absolute atomic E-state index is 12.8. The van der Waals surface area contributed by atoms with Crippen molar-refractivity contribution >= 4 is 35.4 Å². The summed E-state index contributed by atoms with van der Waals surface area (Å²) in [6.07, 6.45) is -1.37. The van der Waals surface area contributed by atoms with Crippen molar-refractivity contribution in [2.75, 3.05) is 11.4 Å². The first-order chi connectivity index (χ1) is 16.9. The Hall–Kier alpha value is -4.79. The van der Waals surface area contributed by atoms with Gasteiger partial charge in [0.05, 0.1) is 22.4 Å². The molecule has 0 spiro atoms. The van der Waals surface area contributed by atoms with Crippen LogP contribution in [0.15, 0.2) is 78.9 Å². The first-order valence-electron chi connectivity index (χ1n) is 10.8. The second-order valence-corrected chi connectivity index (χ2v) is 7.58. The minimum atomic E-state index is -1.37. The lowest BCUT2D eigenvalue weighted by atomic mass is 10.1. The van der Waals surface area contributed by atoms with Gasteiger partial charge in [0.2, 0.25) is 6.10 Å². The van der Waals surface area contributed by atoms with Crippen LogP contribution >= 0.6 is 0 Å². The molecule has 35 heavy (non-hydrogen) atoms. The zero-order chi connectivity index (χ0) is 24.9. The third-order valence-corrected chi connectivity index (χ3v) is 5.29. The highest BCUT2D eigenvalue weighted by Crippen LogP contribution is 2.29. The van der Waals surface area contributed by atoms with Gasteiger partial charge in [-0.3, -0.25) is 19.7 Å². The summed E-state index contributed by atoms with van der Waals surface area (Å²) in [7, 11) is 0. The average Bonchev–Trinajstić information content (AvgIpc) is 3.13. The van der Waals surface area contributed by atoms with Crippen LogP contribution < -0.4 is 15.5 Å². The Morgan fingerprint density at radius 1 is 0.829 bits per heavy atom. The molecule has 0 saturated heterocycles. The van der Waals surface area contributed by atoms with E-state index >= 15 is 0 Å². The molecule has 1 heterocycles. The Kier molecular flexibility index (Phi) is 6.68. The average molecular weight is 471 g/mol. The van der Waals surface area contributed by atoms with Gasteiger partial charge in [0.15, 0.2) is 0 Å². The largest absolute Gasteiger partial charge is 0.444 e. The second-order valence-electron chi connectivity index (χ2n) is 7.58. The number of carbonyl (C=O) groups is 5. The monoisotopic (exact) mass is 471 g/mol. The lowest BCUT2D eigenvalue weighted by molar-refractivity contribution is -0.129. The van der Waals surface area contributed by atoms with Crippen LogP contribution in [0.1, 0.15) is 49.7 Å². The van der Waals surface area contributed by atoms with Gasteiger partial charge in [-0.05, 0) is 43.3 Å². The van der Waals surface area contributed by atoms with E-state index in [1.165, 1.54) is 24.3 Å². The molecule has 1 aliphatic rings. The number of urea groups is 1. The van der Waals surface area contributed by atoms with Crippen molar-refractivity contribution < 1.29 is 28.7 Å².